The van der Waals surface area contributed by atoms with E-state index in [-0.39, 0.29) is 18.1 Å². The van der Waals surface area contributed by atoms with E-state index in [4.69, 9.17) is 4.74 Å². The second-order valence-corrected chi connectivity index (χ2v) is 4.54. The van der Waals surface area contributed by atoms with E-state index in [0.717, 1.165) is 32.4 Å². The lowest BCUT2D eigenvalue weighted by molar-refractivity contribution is -0.135. The Balaban J connectivity index is 1.67. The fourth-order valence-electron chi connectivity index (χ4n) is 2.55. The highest BCUT2D eigenvalue weighted by Gasteiger charge is 2.35. The maximum absolute atomic E-state index is 12.1. The van der Waals surface area contributed by atoms with Crippen LogP contribution in [0.25, 0.3) is 0 Å². The van der Waals surface area contributed by atoms with Gasteiger partial charge < -0.3 is 14.6 Å². The monoisotopic (exact) mass is 223 g/mol. The van der Waals surface area contributed by atoms with Crippen LogP contribution in [0.5, 0.6) is 0 Å². The van der Waals surface area contributed by atoms with E-state index in [1.165, 1.54) is 0 Å². The van der Waals surface area contributed by atoms with Gasteiger partial charge in [0.1, 0.15) is 6.04 Å². The van der Waals surface area contributed by atoms with E-state index in [1.54, 1.807) is 0 Å². The Labute approximate surface area is 95.0 Å². The molecule has 2 unspecified atom stereocenters. The van der Waals surface area contributed by atoms with Gasteiger partial charge in [0, 0.05) is 25.6 Å². The topological polar surface area (TPSA) is 44.8 Å². The molecule has 1 amide bonds. The maximum atomic E-state index is 12.1. The summed E-state index contributed by atoms with van der Waals surface area (Å²) in [6, 6.07) is -0.00796. The summed E-state index contributed by atoms with van der Waals surface area (Å²) in [6.45, 7) is 2.43. The summed E-state index contributed by atoms with van der Waals surface area (Å²) in [6.07, 6.45) is 7.13. The third-order valence-electron chi connectivity index (χ3n) is 3.45. The Hall–Kier alpha value is -1.07. The number of hydrazine groups is 1. The number of carbonyl (C=O) groups excluding carboxylic acids is 1. The Bertz CT molecular complexity index is 312. The lowest BCUT2D eigenvalue weighted by Crippen LogP contribution is -2.49. The molecule has 0 radical (unpaired) electrons. The highest BCUT2D eigenvalue weighted by molar-refractivity contribution is 5.84. The lowest BCUT2D eigenvalue weighted by atomic mass is 10.1. The largest absolute Gasteiger partial charge is 0.376 e. The number of nitrogens with zero attached hydrogens (tertiary/aromatic N) is 2. The minimum atomic E-state index is -0.00796. The Morgan fingerprint density at radius 2 is 2.38 bits per heavy atom. The second-order valence-electron chi connectivity index (χ2n) is 4.54. The number of fused-ring (bicyclic) bond motifs is 1. The van der Waals surface area contributed by atoms with Gasteiger partial charge in [-0.2, -0.15) is 0 Å². The van der Waals surface area contributed by atoms with Gasteiger partial charge in [-0.1, -0.05) is 0 Å². The molecule has 0 aliphatic carbocycles. The first kappa shape index (κ1) is 10.1. The number of rotatable bonds is 2. The predicted molar refractivity (Wildman–Crippen MR) is 58.1 cm³/mol. The van der Waals surface area contributed by atoms with Gasteiger partial charge >= 0.3 is 0 Å². The van der Waals surface area contributed by atoms with Gasteiger partial charge in [0.05, 0.1) is 12.6 Å². The van der Waals surface area contributed by atoms with Crippen LogP contribution in [0.3, 0.4) is 0 Å². The van der Waals surface area contributed by atoms with Crippen LogP contribution in [-0.2, 0) is 9.53 Å². The first-order chi connectivity index (χ1) is 7.84. The first-order valence-electron chi connectivity index (χ1n) is 5.97. The molecule has 2 saturated heterocycles. The van der Waals surface area contributed by atoms with Gasteiger partial charge in [0.15, 0.2) is 0 Å². The van der Waals surface area contributed by atoms with Crippen LogP contribution in [0, 0.1) is 0 Å². The standard InChI is InChI=1S/C11H17N3O2/c15-11-10-3-4-12-14(10)6-5-13(11)8-9-2-1-7-16-9/h5-6,9-10,12H,1-4,7-8H2. The molecule has 3 rings (SSSR count). The minimum absolute atomic E-state index is 0.00796. The average Bonchev–Trinajstić information content (AvgIpc) is 2.93. The molecule has 0 bridgehead atoms. The van der Waals surface area contributed by atoms with Crippen molar-refractivity contribution in [1.82, 2.24) is 15.3 Å². The van der Waals surface area contributed by atoms with Crippen LogP contribution in [0.15, 0.2) is 12.4 Å². The molecule has 1 N–H and O–H groups in total. The first-order valence-corrected chi connectivity index (χ1v) is 5.97. The van der Waals surface area contributed by atoms with E-state index in [9.17, 15) is 4.79 Å². The maximum Gasteiger partial charge on any atom is 0.250 e. The zero-order valence-electron chi connectivity index (χ0n) is 9.26. The van der Waals surface area contributed by atoms with Crippen molar-refractivity contribution in [2.45, 2.75) is 31.4 Å². The molecule has 0 aromatic heterocycles. The zero-order valence-corrected chi connectivity index (χ0v) is 9.26. The number of carbonyl (C=O) groups is 1. The van der Waals surface area contributed by atoms with Crippen molar-refractivity contribution in [2.24, 2.45) is 0 Å². The van der Waals surface area contributed by atoms with Crippen molar-refractivity contribution in [3.05, 3.63) is 12.4 Å². The molecule has 3 aliphatic heterocycles. The van der Waals surface area contributed by atoms with Crippen LogP contribution < -0.4 is 5.43 Å². The molecule has 0 aromatic rings. The molecular formula is C11H17N3O2. The quantitative estimate of drug-likeness (QED) is 0.719. The van der Waals surface area contributed by atoms with E-state index >= 15 is 0 Å². The molecule has 2 fully saturated rings. The highest BCUT2D eigenvalue weighted by Crippen LogP contribution is 2.20. The van der Waals surface area contributed by atoms with Crippen LogP contribution in [0.1, 0.15) is 19.3 Å². The zero-order chi connectivity index (χ0) is 11.0. The normalized spacial score (nSPS) is 33.6. The summed E-state index contributed by atoms with van der Waals surface area (Å²) in [5.74, 6) is 0.197. The Morgan fingerprint density at radius 3 is 3.19 bits per heavy atom. The van der Waals surface area contributed by atoms with Gasteiger partial charge in [0.25, 0.3) is 5.91 Å². The molecule has 0 saturated carbocycles. The number of ether oxygens (including phenoxy) is 1. The summed E-state index contributed by atoms with van der Waals surface area (Å²) < 4.78 is 5.56. The molecule has 5 nitrogen and oxygen atoms in total. The van der Waals surface area contributed by atoms with E-state index in [1.807, 2.05) is 22.3 Å². The molecule has 88 valence electrons. The van der Waals surface area contributed by atoms with Gasteiger partial charge in [-0.3, -0.25) is 4.79 Å². The van der Waals surface area contributed by atoms with Crippen molar-refractivity contribution in [1.29, 1.82) is 0 Å². The highest BCUT2D eigenvalue weighted by atomic mass is 16.5. The number of amides is 1. The molecule has 2 atom stereocenters. The summed E-state index contributed by atoms with van der Waals surface area (Å²) in [4.78, 5) is 13.9. The molecule has 5 heteroatoms. The molecule has 0 spiro atoms. The minimum Gasteiger partial charge on any atom is -0.376 e. The summed E-state index contributed by atoms with van der Waals surface area (Å²) in [5, 5.41) is 1.91. The van der Waals surface area contributed by atoms with Crippen molar-refractivity contribution in [3.8, 4) is 0 Å². The van der Waals surface area contributed by atoms with E-state index in [0.29, 0.717) is 6.54 Å². The van der Waals surface area contributed by atoms with Crippen LogP contribution in [0.2, 0.25) is 0 Å². The van der Waals surface area contributed by atoms with E-state index < -0.39 is 0 Å². The van der Waals surface area contributed by atoms with Gasteiger partial charge in [-0.15, -0.1) is 0 Å². The third kappa shape index (κ3) is 1.70. The second kappa shape index (κ2) is 4.07. The van der Waals surface area contributed by atoms with Crippen molar-refractivity contribution in [2.75, 3.05) is 19.7 Å². The Morgan fingerprint density at radius 1 is 1.44 bits per heavy atom. The van der Waals surface area contributed by atoms with Crippen molar-refractivity contribution >= 4 is 5.91 Å². The molecule has 3 aliphatic rings. The van der Waals surface area contributed by atoms with Crippen molar-refractivity contribution in [3.63, 3.8) is 0 Å². The fourth-order valence-corrected chi connectivity index (χ4v) is 2.55. The van der Waals surface area contributed by atoms with Crippen LogP contribution in [-0.4, -0.2) is 47.7 Å². The predicted octanol–water partition coefficient (Wildman–Crippen LogP) is 0.0577. The molecule has 0 aromatic carbocycles. The van der Waals surface area contributed by atoms with Gasteiger partial charge in [0.2, 0.25) is 0 Å². The smallest absolute Gasteiger partial charge is 0.250 e. The van der Waals surface area contributed by atoms with Gasteiger partial charge in [-0.25, -0.2) is 5.43 Å². The number of hydrogen-bond donors (Lipinski definition) is 1. The van der Waals surface area contributed by atoms with Crippen LogP contribution >= 0.6 is 0 Å². The summed E-state index contributed by atoms with van der Waals surface area (Å²) in [5.41, 5.74) is 3.17. The van der Waals surface area contributed by atoms with Gasteiger partial charge in [-0.05, 0) is 19.3 Å². The summed E-state index contributed by atoms with van der Waals surface area (Å²) in [7, 11) is 0. The molecular weight excluding hydrogens is 206 g/mol. The van der Waals surface area contributed by atoms with E-state index in [2.05, 4.69) is 5.43 Å². The van der Waals surface area contributed by atoms with Crippen molar-refractivity contribution < 1.29 is 9.53 Å². The lowest BCUT2D eigenvalue weighted by Gasteiger charge is -2.32. The Kier molecular flexibility index (Phi) is 2.57. The fraction of sp³-hybridized carbons (Fsp3) is 0.727. The third-order valence-corrected chi connectivity index (χ3v) is 3.45. The number of hydrogen-bond acceptors (Lipinski definition) is 4. The number of nitrogens with one attached hydrogen (secondary N) is 1. The molecule has 3 heterocycles. The SMILES string of the molecule is O=C1C2CCNN2C=CN1CC1CCCO1. The molecule has 16 heavy (non-hydrogen) atoms. The average molecular weight is 223 g/mol. The summed E-state index contributed by atoms with van der Waals surface area (Å²) >= 11 is 0. The van der Waals surface area contributed by atoms with Crippen LogP contribution in [0.4, 0.5) is 0 Å².